The molecule has 9 heteroatoms. The molecule has 0 radical (unpaired) electrons. The van der Waals surface area contributed by atoms with E-state index in [1.54, 1.807) is 44.2 Å². The summed E-state index contributed by atoms with van der Waals surface area (Å²) in [6.07, 6.45) is 0.376. The van der Waals surface area contributed by atoms with Crippen molar-refractivity contribution in [1.29, 1.82) is 0 Å². The summed E-state index contributed by atoms with van der Waals surface area (Å²) in [5.41, 5.74) is 0.675. The second-order valence-electron chi connectivity index (χ2n) is 5.91. The Morgan fingerprint density at radius 3 is 2.69 bits per heavy atom. The molecule has 1 heterocycles. The molecule has 3 rings (SSSR count). The molecule has 152 valence electrons. The molecule has 0 aliphatic rings. The van der Waals surface area contributed by atoms with Gasteiger partial charge in [-0.15, -0.1) is 11.8 Å². The van der Waals surface area contributed by atoms with Gasteiger partial charge in [-0.05, 0) is 36.4 Å². The summed E-state index contributed by atoms with van der Waals surface area (Å²) in [6.45, 7) is 0.163. The Kier molecular flexibility index (Phi) is 7.37. The van der Waals surface area contributed by atoms with Gasteiger partial charge in [0, 0.05) is 28.2 Å². The van der Waals surface area contributed by atoms with Crippen LogP contribution in [0, 0.1) is 0 Å². The number of benzene rings is 2. The summed E-state index contributed by atoms with van der Waals surface area (Å²) in [6, 6.07) is 12.8. The highest BCUT2D eigenvalue weighted by Crippen LogP contribution is 2.31. The van der Waals surface area contributed by atoms with Crippen molar-refractivity contribution in [3.8, 4) is 22.9 Å². The Morgan fingerprint density at radius 2 is 1.97 bits per heavy atom. The highest BCUT2D eigenvalue weighted by Gasteiger charge is 2.15. The molecular formula is C20H20ClN3O4S. The van der Waals surface area contributed by atoms with Gasteiger partial charge in [0.1, 0.15) is 11.5 Å². The van der Waals surface area contributed by atoms with Gasteiger partial charge in [-0.25, -0.2) is 0 Å². The van der Waals surface area contributed by atoms with Gasteiger partial charge in [0.2, 0.25) is 17.6 Å². The van der Waals surface area contributed by atoms with Crippen molar-refractivity contribution < 1.29 is 18.8 Å². The fourth-order valence-corrected chi connectivity index (χ4v) is 3.45. The monoisotopic (exact) mass is 433 g/mol. The average molecular weight is 434 g/mol. The number of nitrogens with zero attached hydrogens (tertiary/aromatic N) is 2. The first kappa shape index (κ1) is 21.0. The van der Waals surface area contributed by atoms with Crippen molar-refractivity contribution in [2.24, 2.45) is 0 Å². The first-order valence-corrected chi connectivity index (χ1v) is 10.2. The molecule has 0 atom stereocenters. The van der Waals surface area contributed by atoms with Crippen LogP contribution in [0.5, 0.6) is 11.5 Å². The van der Waals surface area contributed by atoms with Crippen LogP contribution in [0.15, 0.2) is 51.9 Å². The number of halogens is 1. The van der Waals surface area contributed by atoms with Crippen molar-refractivity contribution >= 4 is 29.3 Å². The highest BCUT2D eigenvalue weighted by atomic mass is 35.5. The number of thioether (sulfide) groups is 1. The molecule has 1 aromatic heterocycles. The minimum absolute atomic E-state index is 0.0896. The molecule has 2 aromatic carbocycles. The van der Waals surface area contributed by atoms with Gasteiger partial charge in [0.25, 0.3) is 0 Å². The molecule has 1 amide bonds. The van der Waals surface area contributed by atoms with E-state index < -0.39 is 0 Å². The molecule has 1 N–H and O–H groups in total. The van der Waals surface area contributed by atoms with E-state index in [4.69, 9.17) is 25.6 Å². The topological polar surface area (TPSA) is 86.5 Å². The van der Waals surface area contributed by atoms with Crippen LogP contribution in [0.3, 0.4) is 0 Å². The molecule has 0 bridgehead atoms. The molecule has 0 fully saturated rings. The van der Waals surface area contributed by atoms with Crippen molar-refractivity contribution in [2.45, 2.75) is 17.9 Å². The van der Waals surface area contributed by atoms with Crippen LogP contribution in [0.1, 0.15) is 12.3 Å². The molecule has 29 heavy (non-hydrogen) atoms. The van der Waals surface area contributed by atoms with Crippen LogP contribution in [0.25, 0.3) is 11.4 Å². The van der Waals surface area contributed by atoms with E-state index in [2.05, 4.69) is 15.5 Å². The van der Waals surface area contributed by atoms with Gasteiger partial charge in [-0.1, -0.05) is 16.8 Å². The number of methoxy groups -OCH3 is 2. The van der Waals surface area contributed by atoms with E-state index in [0.717, 1.165) is 4.90 Å². The van der Waals surface area contributed by atoms with Crippen LogP contribution in [-0.4, -0.2) is 36.0 Å². The molecule has 7 nitrogen and oxygen atoms in total. The quantitative estimate of drug-likeness (QED) is 0.506. The summed E-state index contributed by atoms with van der Waals surface area (Å²) >= 11 is 7.45. The Balaban J connectivity index is 1.50. The number of hydrogen-bond donors (Lipinski definition) is 1. The zero-order valence-electron chi connectivity index (χ0n) is 16.0. The lowest BCUT2D eigenvalue weighted by Gasteiger charge is -2.07. The Bertz CT molecular complexity index is 963. The highest BCUT2D eigenvalue weighted by molar-refractivity contribution is 7.99. The van der Waals surface area contributed by atoms with E-state index in [1.165, 1.54) is 0 Å². The van der Waals surface area contributed by atoms with Gasteiger partial charge >= 0.3 is 0 Å². The third kappa shape index (κ3) is 5.88. The van der Waals surface area contributed by atoms with E-state index >= 15 is 0 Å². The molecule has 0 aliphatic heterocycles. The fraction of sp³-hybridized carbons (Fsp3) is 0.250. The van der Waals surface area contributed by atoms with Crippen molar-refractivity contribution in [1.82, 2.24) is 15.5 Å². The zero-order chi connectivity index (χ0) is 20.6. The van der Waals surface area contributed by atoms with E-state index in [9.17, 15) is 4.79 Å². The number of nitrogens with one attached hydrogen (secondary N) is 1. The summed E-state index contributed by atoms with van der Waals surface area (Å²) in [4.78, 5) is 17.4. The number of aromatic nitrogens is 2. The maximum atomic E-state index is 12.0. The van der Waals surface area contributed by atoms with E-state index in [1.807, 2.05) is 24.3 Å². The van der Waals surface area contributed by atoms with Crippen LogP contribution in [0.4, 0.5) is 0 Å². The maximum absolute atomic E-state index is 12.0. The number of hydrogen-bond acceptors (Lipinski definition) is 7. The van der Waals surface area contributed by atoms with Gasteiger partial charge in [0.05, 0.1) is 26.3 Å². The first-order chi connectivity index (χ1) is 14.1. The summed E-state index contributed by atoms with van der Waals surface area (Å²) in [5, 5.41) is 7.44. The second kappa shape index (κ2) is 10.2. The molecule has 0 aliphatic carbocycles. The number of carbonyl (C=O) groups excluding carboxylic acids is 1. The van der Waals surface area contributed by atoms with E-state index in [0.29, 0.717) is 46.0 Å². The third-order valence-electron chi connectivity index (χ3n) is 3.97. The van der Waals surface area contributed by atoms with Crippen molar-refractivity contribution in [3.63, 3.8) is 0 Å². The normalized spacial score (nSPS) is 10.6. The molecule has 0 saturated heterocycles. The average Bonchev–Trinajstić information content (AvgIpc) is 3.22. The Morgan fingerprint density at radius 1 is 1.17 bits per heavy atom. The Hall–Kier alpha value is -2.71. The minimum atomic E-state index is -0.0896. The number of rotatable bonds is 9. The van der Waals surface area contributed by atoms with Gasteiger partial charge in [0.15, 0.2) is 0 Å². The molecule has 0 unspecified atom stereocenters. The summed E-state index contributed by atoms with van der Waals surface area (Å²) in [7, 11) is 3.14. The van der Waals surface area contributed by atoms with Gasteiger partial charge < -0.3 is 19.3 Å². The number of amides is 1. The van der Waals surface area contributed by atoms with E-state index in [-0.39, 0.29) is 12.5 Å². The third-order valence-corrected chi connectivity index (χ3v) is 5.23. The number of ether oxygens (including phenoxy) is 2. The predicted octanol–water partition coefficient (Wildman–Crippen LogP) is 4.21. The maximum Gasteiger partial charge on any atom is 0.246 e. The van der Waals surface area contributed by atoms with Crippen LogP contribution in [-0.2, 0) is 11.3 Å². The predicted molar refractivity (Wildman–Crippen MR) is 111 cm³/mol. The zero-order valence-corrected chi connectivity index (χ0v) is 17.5. The van der Waals surface area contributed by atoms with Crippen molar-refractivity contribution in [3.05, 3.63) is 53.4 Å². The second-order valence-corrected chi connectivity index (χ2v) is 7.51. The Labute approximate surface area is 177 Å². The lowest BCUT2D eigenvalue weighted by Crippen LogP contribution is -2.23. The fourth-order valence-electron chi connectivity index (χ4n) is 2.47. The van der Waals surface area contributed by atoms with Gasteiger partial charge in [-0.3, -0.25) is 4.79 Å². The molecular weight excluding hydrogens is 414 g/mol. The van der Waals surface area contributed by atoms with Crippen LogP contribution < -0.4 is 14.8 Å². The van der Waals surface area contributed by atoms with Gasteiger partial charge in [-0.2, -0.15) is 4.98 Å². The lowest BCUT2D eigenvalue weighted by molar-refractivity contribution is -0.120. The standard InChI is InChI=1S/C20H20ClN3O4S/c1-26-14-5-8-16(17(11-14)27-2)20-23-19(28-24-20)12-22-18(25)9-10-29-15-6-3-13(21)4-7-15/h3-8,11H,9-10,12H2,1-2H3,(H,22,25). The molecule has 0 saturated carbocycles. The molecule has 0 spiro atoms. The van der Waals surface area contributed by atoms with Crippen LogP contribution >= 0.6 is 23.4 Å². The number of carbonyl (C=O) groups is 1. The van der Waals surface area contributed by atoms with Crippen molar-refractivity contribution in [2.75, 3.05) is 20.0 Å². The first-order valence-electron chi connectivity index (χ1n) is 8.79. The smallest absolute Gasteiger partial charge is 0.246 e. The lowest BCUT2D eigenvalue weighted by atomic mass is 10.2. The largest absolute Gasteiger partial charge is 0.497 e. The minimum Gasteiger partial charge on any atom is -0.497 e. The molecule has 3 aromatic rings. The summed E-state index contributed by atoms with van der Waals surface area (Å²) < 4.78 is 15.8. The summed E-state index contributed by atoms with van der Waals surface area (Å²) in [5.74, 6) is 2.50. The van der Waals surface area contributed by atoms with Crippen LogP contribution in [0.2, 0.25) is 5.02 Å². The SMILES string of the molecule is COc1ccc(-c2noc(CNC(=O)CCSc3ccc(Cl)cc3)n2)c(OC)c1.